The van der Waals surface area contributed by atoms with Gasteiger partial charge in [-0.3, -0.25) is 4.99 Å². The van der Waals surface area contributed by atoms with Crippen LogP contribution in [-0.2, 0) is 0 Å². The molecule has 0 fully saturated rings. The molecule has 0 atom stereocenters. The van der Waals surface area contributed by atoms with Crippen LogP contribution in [0.1, 0.15) is 14.9 Å². The summed E-state index contributed by atoms with van der Waals surface area (Å²) < 4.78 is 0. The van der Waals surface area contributed by atoms with E-state index in [9.17, 15) is 0 Å². The van der Waals surface area contributed by atoms with Gasteiger partial charge >= 0.3 is 0 Å². The van der Waals surface area contributed by atoms with Crippen molar-refractivity contribution in [3.8, 4) is 6.07 Å². The molecule has 0 aromatic rings. The maximum Gasteiger partial charge on any atom is 0.127 e. The lowest BCUT2D eigenvalue weighted by molar-refractivity contribution is 1.24. The first-order chi connectivity index (χ1) is 2.91. The number of nitriles is 1. The summed E-state index contributed by atoms with van der Waals surface area (Å²) in [5.74, 6) is 0. The van der Waals surface area contributed by atoms with Crippen LogP contribution in [0.5, 0.6) is 0 Å². The first-order valence-electron chi connectivity index (χ1n) is 1.48. The Morgan fingerprint density at radius 1 is 1.62 bits per heavy atom. The minimum absolute atomic E-state index is 0. The molecule has 0 rings (SSSR count). The smallest absolute Gasteiger partial charge is 0.127 e. The molecule has 8 heavy (non-hydrogen) atoms. The van der Waals surface area contributed by atoms with Crippen molar-refractivity contribution in [3.63, 3.8) is 0 Å². The fourth-order valence-electron chi connectivity index (χ4n) is 0.0935. The fraction of sp³-hybridized carbons (Fsp3) is 0.600. The number of rotatable bonds is 1. The maximum absolute atomic E-state index is 7.78. The van der Waals surface area contributed by atoms with E-state index in [1.807, 2.05) is 0 Å². The Kier molecular flexibility index (Phi) is 33.0. The Balaban J connectivity index is -0.000000125. The molecule has 0 bridgehead atoms. The molecule has 0 aromatic carbocycles. The topological polar surface area (TPSA) is 62.2 Å². The second kappa shape index (κ2) is 16.7. The molecule has 0 unspecified atom stereocenters. The van der Waals surface area contributed by atoms with Gasteiger partial charge in [0, 0.05) is 0 Å². The van der Waals surface area contributed by atoms with Crippen molar-refractivity contribution in [1.29, 1.82) is 5.26 Å². The van der Waals surface area contributed by atoms with Gasteiger partial charge < -0.3 is 5.73 Å². The summed E-state index contributed by atoms with van der Waals surface area (Å²) in [6.07, 6.45) is 1.11. The average molecular weight is 115 g/mol. The van der Waals surface area contributed by atoms with Gasteiger partial charge in [-0.25, -0.2) is 0 Å². The standard InChI is InChI=1S/C3H5N3.2CH4/c4-1-2-6-3-5;;/h3H,2H2,(H2,5,6);2*1H4. The van der Waals surface area contributed by atoms with E-state index in [-0.39, 0.29) is 21.4 Å². The van der Waals surface area contributed by atoms with E-state index in [1.54, 1.807) is 6.07 Å². The van der Waals surface area contributed by atoms with E-state index in [0.717, 1.165) is 6.34 Å². The Hall–Kier alpha value is -1.04. The zero-order chi connectivity index (χ0) is 4.83. The number of aliphatic imine (C=N–C) groups is 1. The van der Waals surface area contributed by atoms with E-state index in [0.29, 0.717) is 0 Å². The largest absolute Gasteiger partial charge is 0.390 e. The van der Waals surface area contributed by atoms with Crippen LogP contribution < -0.4 is 5.73 Å². The molecule has 3 nitrogen and oxygen atoms in total. The number of hydrogen-bond acceptors (Lipinski definition) is 2. The van der Waals surface area contributed by atoms with Gasteiger partial charge in [-0.05, 0) is 0 Å². The monoisotopic (exact) mass is 115 g/mol. The molecule has 0 radical (unpaired) electrons. The lowest BCUT2D eigenvalue weighted by Gasteiger charge is -1.66. The molecule has 2 N–H and O–H groups in total. The number of nitrogens with two attached hydrogens (primary N) is 1. The highest BCUT2D eigenvalue weighted by atomic mass is 14.8. The molecule has 0 aromatic heterocycles. The van der Waals surface area contributed by atoms with E-state index in [4.69, 9.17) is 11.0 Å². The lowest BCUT2D eigenvalue weighted by atomic mass is 10.8. The predicted octanol–water partition coefficient (Wildman–Crippen LogP) is 0.769. The summed E-state index contributed by atoms with van der Waals surface area (Å²) in [6, 6.07) is 1.79. The molecule has 0 aliphatic carbocycles. The van der Waals surface area contributed by atoms with E-state index >= 15 is 0 Å². The van der Waals surface area contributed by atoms with Crippen LogP contribution in [-0.4, -0.2) is 12.9 Å². The normalized spacial score (nSPS) is 6.38. The van der Waals surface area contributed by atoms with E-state index in [1.165, 1.54) is 0 Å². The predicted molar refractivity (Wildman–Crippen MR) is 36.6 cm³/mol. The molecule has 0 amide bonds. The Morgan fingerprint density at radius 3 is 2.25 bits per heavy atom. The summed E-state index contributed by atoms with van der Waals surface area (Å²) >= 11 is 0. The lowest BCUT2D eigenvalue weighted by Crippen LogP contribution is -1.88. The summed E-state index contributed by atoms with van der Waals surface area (Å²) in [7, 11) is 0. The van der Waals surface area contributed by atoms with Gasteiger partial charge in [0.05, 0.1) is 12.4 Å². The third-order valence-electron chi connectivity index (χ3n) is 0.267. The summed E-state index contributed by atoms with van der Waals surface area (Å²) in [5.41, 5.74) is 4.77. The molecular weight excluding hydrogens is 102 g/mol. The van der Waals surface area contributed by atoms with Crippen molar-refractivity contribution >= 4 is 6.34 Å². The van der Waals surface area contributed by atoms with Crippen LogP contribution in [0.25, 0.3) is 0 Å². The third kappa shape index (κ3) is 20.2. The Labute approximate surface area is 50.8 Å². The minimum atomic E-state index is 0. The van der Waals surface area contributed by atoms with E-state index in [2.05, 4.69) is 4.99 Å². The quantitative estimate of drug-likeness (QED) is 0.311. The molecule has 0 saturated heterocycles. The van der Waals surface area contributed by atoms with Crippen LogP contribution >= 0.6 is 0 Å². The maximum atomic E-state index is 7.78. The highest BCUT2D eigenvalue weighted by molar-refractivity contribution is 5.51. The van der Waals surface area contributed by atoms with Gasteiger partial charge in [0.25, 0.3) is 0 Å². The zero-order valence-corrected chi connectivity index (χ0v) is 3.26. The van der Waals surface area contributed by atoms with Crippen molar-refractivity contribution in [2.75, 3.05) is 6.54 Å². The zero-order valence-electron chi connectivity index (χ0n) is 3.26. The highest BCUT2D eigenvalue weighted by Gasteiger charge is 1.61. The first kappa shape index (κ1) is 15.8. The van der Waals surface area contributed by atoms with Gasteiger partial charge in [0.15, 0.2) is 0 Å². The molecule has 0 spiro atoms. The van der Waals surface area contributed by atoms with E-state index < -0.39 is 0 Å². The summed E-state index contributed by atoms with van der Waals surface area (Å²) in [5, 5.41) is 7.78. The molecule has 0 heterocycles. The van der Waals surface area contributed by atoms with Gasteiger partial charge in [0.1, 0.15) is 6.54 Å². The average Bonchev–Trinajstić information content (AvgIpc) is 1.61. The first-order valence-corrected chi connectivity index (χ1v) is 1.48. The van der Waals surface area contributed by atoms with Crippen molar-refractivity contribution in [3.05, 3.63) is 0 Å². The molecular formula is C5H13N3. The Bertz CT molecular complexity index is 80.2. The fourth-order valence-corrected chi connectivity index (χ4v) is 0.0935. The van der Waals surface area contributed by atoms with Crippen molar-refractivity contribution in [1.82, 2.24) is 0 Å². The van der Waals surface area contributed by atoms with Crippen molar-refractivity contribution < 1.29 is 0 Å². The molecule has 48 valence electrons. The van der Waals surface area contributed by atoms with Gasteiger partial charge in [0.2, 0.25) is 0 Å². The van der Waals surface area contributed by atoms with Crippen LogP contribution in [0.4, 0.5) is 0 Å². The van der Waals surface area contributed by atoms with Gasteiger partial charge in [-0.1, -0.05) is 14.9 Å². The molecule has 0 aliphatic heterocycles. The molecule has 0 saturated carbocycles. The van der Waals surface area contributed by atoms with Gasteiger partial charge in [-0.15, -0.1) is 0 Å². The number of hydrogen-bond donors (Lipinski definition) is 1. The van der Waals surface area contributed by atoms with Crippen LogP contribution in [0.3, 0.4) is 0 Å². The number of nitrogens with zero attached hydrogens (tertiary/aromatic N) is 2. The second-order valence-electron chi connectivity index (χ2n) is 0.648. The summed E-state index contributed by atoms with van der Waals surface area (Å²) in [6.45, 7) is 0.163. The van der Waals surface area contributed by atoms with Crippen molar-refractivity contribution in [2.24, 2.45) is 10.7 Å². The minimum Gasteiger partial charge on any atom is -0.390 e. The van der Waals surface area contributed by atoms with Crippen LogP contribution in [0.2, 0.25) is 0 Å². The van der Waals surface area contributed by atoms with Crippen LogP contribution in [0.15, 0.2) is 4.99 Å². The molecule has 0 aliphatic rings. The molecule has 3 heteroatoms. The van der Waals surface area contributed by atoms with Crippen LogP contribution in [0, 0.1) is 11.3 Å². The highest BCUT2D eigenvalue weighted by Crippen LogP contribution is 1.54. The third-order valence-corrected chi connectivity index (χ3v) is 0.267. The van der Waals surface area contributed by atoms with Gasteiger partial charge in [-0.2, -0.15) is 5.26 Å². The SMILES string of the molecule is C.C.N#CCN=CN. The Morgan fingerprint density at radius 2 is 2.12 bits per heavy atom. The van der Waals surface area contributed by atoms with Crippen molar-refractivity contribution in [2.45, 2.75) is 14.9 Å². The summed E-state index contributed by atoms with van der Waals surface area (Å²) in [4.78, 5) is 3.38. The second-order valence-corrected chi connectivity index (χ2v) is 0.648.